The maximum Gasteiger partial charge on any atom is 0.232 e. The molecule has 1 saturated heterocycles. The second kappa shape index (κ2) is 11.0. The van der Waals surface area contributed by atoms with Gasteiger partial charge in [0.1, 0.15) is 5.52 Å². The molecular formula is C25H26F2N8O3S. The van der Waals surface area contributed by atoms with E-state index in [1.807, 2.05) is 6.92 Å². The molecule has 1 aromatic carbocycles. The maximum absolute atomic E-state index is 15.5. The molecule has 0 spiro atoms. The number of fused-ring (bicyclic) bond motifs is 1. The zero-order valence-corrected chi connectivity index (χ0v) is 21.8. The van der Waals surface area contributed by atoms with Crippen LogP contribution in [0.2, 0.25) is 0 Å². The molecule has 1 atom stereocenters. The predicted octanol–water partition coefficient (Wildman–Crippen LogP) is 3.20. The summed E-state index contributed by atoms with van der Waals surface area (Å²) in [7, 11) is -3.92. The molecule has 3 aromatic heterocycles. The van der Waals surface area contributed by atoms with E-state index in [1.165, 1.54) is 30.6 Å². The SMILES string of the molecule is CC1COCCN1c1nc(-c2cnc(N)nc2)nc2ccc(-c3cccc(NS(=O)(=O)CCCF)c3F)nc12. The molecule has 1 unspecified atom stereocenters. The van der Waals surface area contributed by atoms with Crippen molar-refractivity contribution in [3.05, 3.63) is 48.5 Å². The van der Waals surface area contributed by atoms with Crippen LogP contribution in [0.15, 0.2) is 42.7 Å². The Morgan fingerprint density at radius 3 is 2.69 bits per heavy atom. The number of nitrogen functional groups attached to an aromatic ring is 1. The van der Waals surface area contributed by atoms with E-state index in [-0.39, 0.29) is 35.4 Å². The largest absolute Gasteiger partial charge is 0.377 e. The molecule has 0 bridgehead atoms. The fraction of sp³-hybridized carbons (Fsp3) is 0.320. The van der Waals surface area contributed by atoms with Crippen molar-refractivity contribution in [1.29, 1.82) is 0 Å². The first-order valence-electron chi connectivity index (χ1n) is 12.2. The normalized spacial score (nSPS) is 16.0. The van der Waals surface area contributed by atoms with Crippen molar-refractivity contribution in [3.8, 4) is 22.6 Å². The topological polar surface area (TPSA) is 149 Å². The highest BCUT2D eigenvalue weighted by atomic mass is 32.2. The molecule has 0 amide bonds. The van der Waals surface area contributed by atoms with Crippen LogP contribution in [0.3, 0.4) is 0 Å². The molecule has 0 aliphatic carbocycles. The number of halogens is 2. The Morgan fingerprint density at radius 1 is 1.15 bits per heavy atom. The van der Waals surface area contributed by atoms with Gasteiger partial charge in [-0.2, -0.15) is 0 Å². The van der Waals surface area contributed by atoms with Crippen LogP contribution >= 0.6 is 0 Å². The number of sulfonamides is 1. The predicted molar refractivity (Wildman–Crippen MR) is 144 cm³/mol. The lowest BCUT2D eigenvalue weighted by Gasteiger charge is -2.34. The van der Waals surface area contributed by atoms with Gasteiger partial charge in [0.2, 0.25) is 16.0 Å². The molecule has 5 rings (SSSR count). The van der Waals surface area contributed by atoms with Gasteiger partial charge in [-0.1, -0.05) is 6.07 Å². The average molecular weight is 557 g/mol. The summed E-state index contributed by atoms with van der Waals surface area (Å²) in [5.74, 6) is -0.219. The van der Waals surface area contributed by atoms with Crippen molar-refractivity contribution < 1.29 is 21.9 Å². The number of pyridine rings is 1. The molecule has 1 fully saturated rings. The number of rotatable bonds is 8. The third-order valence-electron chi connectivity index (χ3n) is 6.18. The van der Waals surface area contributed by atoms with Crippen molar-refractivity contribution in [1.82, 2.24) is 24.9 Å². The van der Waals surface area contributed by atoms with Gasteiger partial charge in [-0.3, -0.25) is 9.11 Å². The lowest BCUT2D eigenvalue weighted by Crippen LogP contribution is -2.44. The van der Waals surface area contributed by atoms with E-state index in [2.05, 4.69) is 24.6 Å². The van der Waals surface area contributed by atoms with E-state index >= 15 is 4.39 Å². The number of nitrogens with two attached hydrogens (primary N) is 1. The first-order valence-corrected chi connectivity index (χ1v) is 13.9. The lowest BCUT2D eigenvalue weighted by molar-refractivity contribution is 0.0987. The van der Waals surface area contributed by atoms with Gasteiger partial charge in [0, 0.05) is 24.5 Å². The molecule has 14 heteroatoms. The highest BCUT2D eigenvalue weighted by Gasteiger charge is 2.25. The zero-order valence-electron chi connectivity index (χ0n) is 21.0. The number of aromatic nitrogens is 5. The minimum absolute atomic E-state index is 0.0170. The summed E-state index contributed by atoms with van der Waals surface area (Å²) in [4.78, 5) is 24.3. The minimum Gasteiger partial charge on any atom is -0.377 e. The van der Waals surface area contributed by atoms with Crippen LogP contribution in [0, 0.1) is 5.82 Å². The molecule has 39 heavy (non-hydrogen) atoms. The van der Waals surface area contributed by atoms with Crippen LogP contribution in [0.25, 0.3) is 33.7 Å². The fourth-order valence-electron chi connectivity index (χ4n) is 4.25. The summed E-state index contributed by atoms with van der Waals surface area (Å²) in [6.45, 7) is 2.76. The molecule has 204 valence electrons. The Labute approximate surface area is 223 Å². The third kappa shape index (κ3) is 5.71. The van der Waals surface area contributed by atoms with Crippen molar-refractivity contribution in [2.24, 2.45) is 0 Å². The van der Waals surface area contributed by atoms with Crippen LogP contribution < -0.4 is 15.4 Å². The van der Waals surface area contributed by atoms with Crippen LogP contribution in [0.5, 0.6) is 0 Å². The van der Waals surface area contributed by atoms with Crippen LogP contribution in [-0.4, -0.2) is 71.6 Å². The number of morpholine rings is 1. The molecule has 4 aromatic rings. The number of anilines is 3. The smallest absolute Gasteiger partial charge is 0.232 e. The third-order valence-corrected chi connectivity index (χ3v) is 7.54. The molecule has 3 N–H and O–H groups in total. The number of nitrogens with zero attached hydrogens (tertiary/aromatic N) is 6. The number of nitrogens with one attached hydrogen (secondary N) is 1. The summed E-state index contributed by atoms with van der Waals surface area (Å²) in [6, 6.07) is 7.61. The van der Waals surface area contributed by atoms with E-state index in [4.69, 9.17) is 20.4 Å². The zero-order chi connectivity index (χ0) is 27.6. The van der Waals surface area contributed by atoms with Crippen LogP contribution in [0.4, 0.5) is 26.2 Å². The van der Waals surface area contributed by atoms with E-state index in [0.717, 1.165) is 0 Å². The van der Waals surface area contributed by atoms with Gasteiger partial charge in [0.15, 0.2) is 17.5 Å². The second-order valence-corrected chi connectivity index (χ2v) is 10.9. The summed E-state index contributed by atoms with van der Waals surface area (Å²) >= 11 is 0. The highest BCUT2D eigenvalue weighted by molar-refractivity contribution is 7.92. The lowest BCUT2D eigenvalue weighted by atomic mass is 10.1. The first-order chi connectivity index (χ1) is 18.8. The summed E-state index contributed by atoms with van der Waals surface area (Å²) in [5.41, 5.74) is 7.25. The second-order valence-electron chi connectivity index (χ2n) is 9.01. The highest BCUT2D eigenvalue weighted by Crippen LogP contribution is 2.33. The van der Waals surface area contributed by atoms with Gasteiger partial charge in [-0.15, -0.1) is 0 Å². The number of hydrogen-bond acceptors (Lipinski definition) is 10. The number of benzene rings is 1. The van der Waals surface area contributed by atoms with Crippen molar-refractivity contribution >= 4 is 38.5 Å². The van der Waals surface area contributed by atoms with Crippen LogP contribution in [0.1, 0.15) is 13.3 Å². The molecular weight excluding hydrogens is 530 g/mol. The quantitative estimate of drug-likeness (QED) is 0.331. The van der Waals surface area contributed by atoms with Gasteiger partial charge < -0.3 is 15.4 Å². The Morgan fingerprint density at radius 2 is 1.95 bits per heavy atom. The van der Waals surface area contributed by atoms with Gasteiger partial charge in [-0.05, 0) is 37.6 Å². The Bertz CT molecular complexity index is 1610. The monoisotopic (exact) mass is 556 g/mol. The maximum atomic E-state index is 15.5. The van der Waals surface area contributed by atoms with E-state index in [0.29, 0.717) is 48.0 Å². The summed E-state index contributed by atoms with van der Waals surface area (Å²) in [5, 5.41) is 0. The van der Waals surface area contributed by atoms with E-state index < -0.39 is 28.3 Å². The molecule has 1 aliphatic rings. The Balaban J connectivity index is 1.61. The fourth-order valence-corrected chi connectivity index (χ4v) is 5.33. The van der Waals surface area contributed by atoms with E-state index in [1.54, 1.807) is 12.1 Å². The molecule has 11 nitrogen and oxygen atoms in total. The van der Waals surface area contributed by atoms with Gasteiger partial charge in [0.25, 0.3) is 0 Å². The molecule has 0 saturated carbocycles. The number of ether oxygens (including phenoxy) is 1. The van der Waals surface area contributed by atoms with Gasteiger partial charge in [-0.25, -0.2) is 37.7 Å². The Hall–Kier alpha value is -4.04. The van der Waals surface area contributed by atoms with E-state index in [9.17, 15) is 12.8 Å². The summed E-state index contributed by atoms with van der Waals surface area (Å²) < 4.78 is 60.3. The van der Waals surface area contributed by atoms with Crippen molar-refractivity contribution in [2.45, 2.75) is 19.4 Å². The van der Waals surface area contributed by atoms with Crippen molar-refractivity contribution in [2.75, 3.05) is 47.5 Å². The first kappa shape index (κ1) is 26.6. The molecule has 1 aliphatic heterocycles. The standard InChI is InChI=1S/C25H26F2N8O3S/c1-15-14-38-10-9-35(15)24-22-20(32-23(33-24)16-12-29-25(28)30-13-16)7-6-18(31-22)17-4-2-5-19(21(17)27)34-39(36,37)11-3-8-26/h2,4-7,12-13,15,34H,3,8-11,14H2,1H3,(H2,28,29,30). The Kier molecular flexibility index (Phi) is 7.48. The summed E-state index contributed by atoms with van der Waals surface area (Å²) in [6.07, 6.45) is 2.89. The minimum atomic E-state index is -3.92. The number of hydrogen-bond donors (Lipinski definition) is 2. The number of alkyl halides is 1. The average Bonchev–Trinajstić information content (AvgIpc) is 2.93. The molecule has 0 radical (unpaired) electrons. The van der Waals surface area contributed by atoms with Crippen molar-refractivity contribution in [3.63, 3.8) is 0 Å². The van der Waals surface area contributed by atoms with Gasteiger partial charge in [0.05, 0.1) is 54.1 Å². The van der Waals surface area contributed by atoms with Gasteiger partial charge >= 0.3 is 0 Å². The van der Waals surface area contributed by atoms with Crippen LogP contribution in [-0.2, 0) is 14.8 Å². The molecule has 4 heterocycles.